The number of aromatic hydroxyl groups is 2. The van der Waals surface area contributed by atoms with Gasteiger partial charge >= 0.3 is 0 Å². The molecule has 3 aliphatic rings. The van der Waals surface area contributed by atoms with E-state index < -0.39 is 23.6 Å². The Labute approximate surface area is 186 Å². The van der Waals surface area contributed by atoms with Crippen LogP contribution in [0.25, 0.3) is 0 Å². The van der Waals surface area contributed by atoms with Gasteiger partial charge in [0.15, 0.2) is 12.2 Å². The van der Waals surface area contributed by atoms with Crippen molar-refractivity contribution in [2.24, 2.45) is 0 Å². The molecule has 0 saturated carbocycles. The molecule has 7 heteroatoms. The quantitative estimate of drug-likeness (QED) is 0.616. The van der Waals surface area contributed by atoms with Crippen molar-refractivity contribution in [2.75, 3.05) is 0 Å². The highest BCUT2D eigenvalue weighted by Gasteiger charge is 2.44. The zero-order valence-electron chi connectivity index (χ0n) is 18.7. The summed E-state index contributed by atoms with van der Waals surface area (Å²) < 4.78 is 18.1. The number of benzene rings is 2. The van der Waals surface area contributed by atoms with Gasteiger partial charge in [-0.1, -0.05) is 0 Å². The van der Waals surface area contributed by atoms with Crippen LogP contribution in [0.3, 0.4) is 0 Å². The number of Topliss-reactive ketones (excluding diaryl/α,β-unsaturated/α-hetero) is 1. The molecule has 5 rings (SSSR count). The zero-order valence-corrected chi connectivity index (χ0v) is 18.7. The number of carbonyl (C=O) groups is 1. The first kappa shape index (κ1) is 20.9. The van der Waals surface area contributed by atoms with Gasteiger partial charge in [0, 0.05) is 23.3 Å². The summed E-state index contributed by atoms with van der Waals surface area (Å²) in [6, 6.07) is 4.67. The molecule has 2 aromatic rings. The molecule has 0 aliphatic carbocycles. The number of phenols is 2. The Morgan fingerprint density at radius 3 is 2.25 bits per heavy atom. The zero-order chi connectivity index (χ0) is 23.0. The second-order valence-corrected chi connectivity index (χ2v) is 10.2. The maximum absolute atomic E-state index is 13.1. The lowest BCUT2D eigenvalue weighted by atomic mass is 9.86. The first-order chi connectivity index (χ1) is 15.0. The Hall–Kier alpha value is -2.93. The number of rotatable bonds is 1. The molecular weight excluding hydrogens is 412 g/mol. The number of hydrogen-bond donors (Lipinski definition) is 3. The topological polar surface area (TPSA) is 105 Å². The van der Waals surface area contributed by atoms with Crippen LogP contribution >= 0.6 is 0 Å². The lowest BCUT2D eigenvalue weighted by Gasteiger charge is -2.37. The van der Waals surface area contributed by atoms with E-state index in [0.717, 1.165) is 18.4 Å². The second kappa shape index (κ2) is 6.78. The van der Waals surface area contributed by atoms with E-state index in [1.54, 1.807) is 6.07 Å². The molecule has 0 saturated heterocycles. The van der Waals surface area contributed by atoms with Crippen molar-refractivity contribution in [3.05, 3.63) is 40.5 Å². The molecule has 32 heavy (non-hydrogen) atoms. The molecular formula is C25H28O7. The fraction of sp³-hybridized carbons (Fsp3) is 0.480. The van der Waals surface area contributed by atoms with Crippen molar-refractivity contribution in [1.29, 1.82) is 0 Å². The number of aliphatic hydroxyl groups is 1. The summed E-state index contributed by atoms with van der Waals surface area (Å²) in [6.45, 7) is 7.89. The van der Waals surface area contributed by atoms with Crippen LogP contribution in [-0.2, 0) is 12.8 Å². The van der Waals surface area contributed by atoms with Crippen molar-refractivity contribution < 1.29 is 34.3 Å². The summed E-state index contributed by atoms with van der Waals surface area (Å²) >= 11 is 0. The van der Waals surface area contributed by atoms with Crippen LogP contribution < -0.4 is 14.2 Å². The summed E-state index contributed by atoms with van der Waals surface area (Å²) in [5.41, 5.74) is 1.10. The lowest BCUT2D eigenvalue weighted by Crippen LogP contribution is -2.38. The molecule has 0 amide bonds. The van der Waals surface area contributed by atoms with Crippen LogP contribution in [0.5, 0.6) is 28.7 Å². The molecule has 0 fully saturated rings. The fourth-order valence-electron chi connectivity index (χ4n) is 4.78. The third kappa shape index (κ3) is 3.26. The molecule has 0 radical (unpaired) electrons. The van der Waals surface area contributed by atoms with Gasteiger partial charge in [0.25, 0.3) is 0 Å². The van der Waals surface area contributed by atoms with Crippen molar-refractivity contribution >= 4 is 5.78 Å². The van der Waals surface area contributed by atoms with Gasteiger partial charge in [0.05, 0.1) is 0 Å². The Morgan fingerprint density at radius 2 is 1.53 bits per heavy atom. The summed E-state index contributed by atoms with van der Waals surface area (Å²) in [5.74, 6) is 0.217. The number of fused-ring (bicyclic) bond motifs is 4. The van der Waals surface area contributed by atoms with Gasteiger partial charge in [0.1, 0.15) is 45.5 Å². The number of phenolic OH excluding ortho intramolecular Hbond substituents is 2. The molecule has 3 aliphatic heterocycles. The minimum Gasteiger partial charge on any atom is -0.507 e. The van der Waals surface area contributed by atoms with Crippen molar-refractivity contribution in [3.63, 3.8) is 0 Å². The number of ether oxygens (including phenoxy) is 3. The monoisotopic (exact) mass is 440 g/mol. The van der Waals surface area contributed by atoms with Crippen LogP contribution in [0.15, 0.2) is 18.2 Å². The molecule has 170 valence electrons. The second-order valence-electron chi connectivity index (χ2n) is 10.2. The smallest absolute Gasteiger partial charge is 0.202 e. The van der Waals surface area contributed by atoms with Crippen LogP contribution in [-0.4, -0.2) is 38.4 Å². The van der Waals surface area contributed by atoms with E-state index in [9.17, 15) is 20.1 Å². The first-order valence-electron chi connectivity index (χ1n) is 11.0. The largest absolute Gasteiger partial charge is 0.507 e. The van der Waals surface area contributed by atoms with Gasteiger partial charge in [-0.15, -0.1) is 0 Å². The third-order valence-corrected chi connectivity index (χ3v) is 6.63. The highest BCUT2D eigenvalue weighted by molar-refractivity contribution is 6.06. The summed E-state index contributed by atoms with van der Waals surface area (Å²) in [5, 5.41) is 32.1. The average Bonchev–Trinajstić information content (AvgIpc) is 2.68. The molecule has 3 heterocycles. The molecule has 2 atom stereocenters. The van der Waals surface area contributed by atoms with E-state index in [0.29, 0.717) is 35.5 Å². The number of ketones is 1. The number of hydrogen-bond acceptors (Lipinski definition) is 7. The molecule has 0 bridgehead atoms. The van der Waals surface area contributed by atoms with Crippen LogP contribution in [0.1, 0.15) is 73.7 Å². The van der Waals surface area contributed by atoms with Crippen LogP contribution in [0.2, 0.25) is 0 Å². The molecule has 7 nitrogen and oxygen atoms in total. The van der Waals surface area contributed by atoms with Crippen molar-refractivity contribution in [1.82, 2.24) is 0 Å². The molecule has 0 spiro atoms. The molecule has 2 unspecified atom stereocenters. The molecule has 3 N–H and O–H groups in total. The van der Waals surface area contributed by atoms with Gasteiger partial charge < -0.3 is 29.5 Å². The van der Waals surface area contributed by atoms with Crippen LogP contribution in [0, 0.1) is 0 Å². The lowest BCUT2D eigenvalue weighted by molar-refractivity contribution is 0.0182. The predicted molar refractivity (Wildman–Crippen MR) is 116 cm³/mol. The summed E-state index contributed by atoms with van der Waals surface area (Å²) in [4.78, 5) is 13.1. The van der Waals surface area contributed by atoms with Gasteiger partial charge in [0.2, 0.25) is 5.78 Å². The number of aliphatic hydroxyl groups excluding tert-OH is 1. The SMILES string of the molecule is CC1(C)CCc2cc(C3Oc4c5c(cc(O)c4C(=O)C3O)OC(C)(C)CC5)c(O)cc2O1. The van der Waals surface area contributed by atoms with E-state index in [-0.39, 0.29) is 28.4 Å². The van der Waals surface area contributed by atoms with E-state index >= 15 is 0 Å². The van der Waals surface area contributed by atoms with Crippen molar-refractivity contribution in [2.45, 2.75) is 76.8 Å². The summed E-state index contributed by atoms with van der Waals surface area (Å²) in [7, 11) is 0. The van der Waals surface area contributed by atoms with E-state index in [1.165, 1.54) is 12.1 Å². The minimum absolute atomic E-state index is 0.0432. The minimum atomic E-state index is -1.57. The van der Waals surface area contributed by atoms with Crippen molar-refractivity contribution in [3.8, 4) is 28.7 Å². The molecule has 2 aromatic carbocycles. The van der Waals surface area contributed by atoms with Crippen LogP contribution in [0.4, 0.5) is 0 Å². The highest BCUT2D eigenvalue weighted by Crippen LogP contribution is 2.50. The van der Waals surface area contributed by atoms with Gasteiger partial charge in [-0.3, -0.25) is 4.79 Å². The van der Waals surface area contributed by atoms with Gasteiger partial charge in [-0.25, -0.2) is 0 Å². The Bertz CT molecular complexity index is 1130. The Kier molecular flexibility index (Phi) is 4.44. The highest BCUT2D eigenvalue weighted by atomic mass is 16.5. The third-order valence-electron chi connectivity index (χ3n) is 6.63. The maximum atomic E-state index is 13.1. The van der Waals surface area contributed by atoms with Gasteiger partial charge in [-0.2, -0.15) is 0 Å². The normalized spacial score (nSPS) is 24.8. The first-order valence-corrected chi connectivity index (χ1v) is 11.0. The average molecular weight is 440 g/mol. The number of carbonyl (C=O) groups excluding carboxylic acids is 1. The number of aryl methyl sites for hydroxylation is 1. The summed E-state index contributed by atoms with van der Waals surface area (Å²) in [6.07, 6.45) is 0.157. The Balaban J connectivity index is 1.59. The predicted octanol–water partition coefficient (Wildman–Crippen LogP) is 3.98. The van der Waals surface area contributed by atoms with E-state index in [4.69, 9.17) is 14.2 Å². The fourth-order valence-corrected chi connectivity index (χ4v) is 4.78. The maximum Gasteiger partial charge on any atom is 0.202 e. The van der Waals surface area contributed by atoms with Gasteiger partial charge in [-0.05, 0) is 65.0 Å². The van der Waals surface area contributed by atoms with E-state index in [1.807, 2.05) is 27.7 Å². The standard InChI is InChI=1S/C25H28O7/c1-24(2)7-5-12-9-14(15(26)10-17(12)31-24)23-21(29)20(28)19-16(27)11-18-13(22(19)30-23)6-8-25(3,4)32-18/h9-11,21,23,26-27,29H,5-8H2,1-4H3. The molecule has 0 aromatic heterocycles. The van der Waals surface area contributed by atoms with E-state index in [2.05, 4.69) is 0 Å². The Morgan fingerprint density at radius 1 is 0.906 bits per heavy atom.